The third-order valence-corrected chi connectivity index (χ3v) is 6.33. The van der Waals surface area contributed by atoms with E-state index in [2.05, 4.69) is 15.2 Å². The number of hydrogen-bond donors (Lipinski definition) is 1. The summed E-state index contributed by atoms with van der Waals surface area (Å²) in [5.41, 5.74) is 7.77. The lowest BCUT2D eigenvalue weighted by atomic mass is 10.1. The molecular weight excluding hydrogens is 464 g/mol. The summed E-state index contributed by atoms with van der Waals surface area (Å²) in [4.78, 5) is 5.97. The normalized spacial score (nSPS) is 18.1. The Morgan fingerprint density at radius 3 is 2.71 bits per heavy atom. The molecule has 0 saturated carbocycles. The fourth-order valence-electron chi connectivity index (χ4n) is 4.62. The molecule has 1 aromatic carbocycles. The van der Waals surface area contributed by atoms with Crippen LogP contribution in [0.3, 0.4) is 0 Å². The highest BCUT2D eigenvalue weighted by Gasteiger charge is 2.46. The second-order valence-electron chi connectivity index (χ2n) is 8.78. The van der Waals surface area contributed by atoms with Crippen LogP contribution in [0.15, 0.2) is 42.6 Å². The number of ether oxygens (including phenoxy) is 1. The van der Waals surface area contributed by atoms with Gasteiger partial charge in [0.25, 0.3) is 0 Å². The van der Waals surface area contributed by atoms with E-state index in [9.17, 15) is 17.6 Å². The number of nitrogens with two attached hydrogens (primary N) is 1. The third-order valence-electron chi connectivity index (χ3n) is 6.33. The third kappa shape index (κ3) is 4.58. The highest BCUT2D eigenvalue weighted by Crippen LogP contribution is 2.39. The first-order chi connectivity index (χ1) is 16.7. The molecule has 7 nitrogen and oxygen atoms in total. The van der Waals surface area contributed by atoms with Crippen LogP contribution in [-0.2, 0) is 11.2 Å². The Morgan fingerprint density at radius 2 is 2.00 bits per heavy atom. The summed E-state index contributed by atoms with van der Waals surface area (Å²) < 4.78 is 63.2. The van der Waals surface area contributed by atoms with Crippen molar-refractivity contribution in [3.63, 3.8) is 0 Å². The molecule has 5 rings (SSSR count). The minimum atomic E-state index is -4.48. The molecule has 35 heavy (non-hydrogen) atoms. The van der Waals surface area contributed by atoms with Gasteiger partial charge in [-0.05, 0) is 48.2 Å². The lowest BCUT2D eigenvalue weighted by molar-refractivity contribution is -0.183. The van der Waals surface area contributed by atoms with Gasteiger partial charge in [-0.2, -0.15) is 13.2 Å². The average molecular weight is 488 g/mol. The van der Waals surface area contributed by atoms with Crippen LogP contribution in [0.5, 0.6) is 0 Å². The van der Waals surface area contributed by atoms with Crippen LogP contribution < -0.4 is 5.73 Å². The fraction of sp³-hybridized carbons (Fsp3) is 0.375. The van der Waals surface area contributed by atoms with Gasteiger partial charge in [-0.3, -0.25) is 9.30 Å². The van der Waals surface area contributed by atoms with Crippen LogP contribution >= 0.6 is 0 Å². The van der Waals surface area contributed by atoms with Crippen LogP contribution in [0.25, 0.3) is 28.1 Å². The average Bonchev–Trinajstić information content (AvgIpc) is 3.42. The minimum Gasteiger partial charge on any atom is -0.384 e. The van der Waals surface area contributed by atoms with Crippen LogP contribution in [0.1, 0.15) is 23.6 Å². The van der Waals surface area contributed by atoms with E-state index < -0.39 is 12.2 Å². The number of pyridine rings is 2. The zero-order valence-corrected chi connectivity index (χ0v) is 19.0. The van der Waals surface area contributed by atoms with Gasteiger partial charge < -0.3 is 10.5 Å². The maximum absolute atomic E-state index is 14.4. The highest BCUT2D eigenvalue weighted by atomic mass is 19.4. The van der Waals surface area contributed by atoms with Crippen molar-refractivity contribution in [1.29, 1.82) is 0 Å². The quantitative estimate of drug-likeness (QED) is 0.415. The minimum absolute atomic E-state index is 0.0739. The van der Waals surface area contributed by atoms with Crippen LogP contribution in [0, 0.1) is 5.82 Å². The Bertz CT molecular complexity index is 1370. The van der Waals surface area contributed by atoms with E-state index in [0.29, 0.717) is 53.1 Å². The molecule has 0 bridgehead atoms. The number of alkyl halides is 3. The number of halogens is 4. The molecule has 1 unspecified atom stereocenters. The number of methoxy groups -OCH3 is 1. The molecule has 1 aliphatic heterocycles. The van der Waals surface area contributed by atoms with Gasteiger partial charge in [0.1, 0.15) is 17.6 Å². The number of aromatic nitrogens is 4. The molecule has 4 heterocycles. The Hall–Kier alpha value is -3.15. The summed E-state index contributed by atoms with van der Waals surface area (Å²) >= 11 is 0. The molecule has 1 fully saturated rings. The van der Waals surface area contributed by atoms with Gasteiger partial charge in [0, 0.05) is 37.8 Å². The summed E-state index contributed by atoms with van der Waals surface area (Å²) in [5, 5.41) is 8.88. The Morgan fingerprint density at radius 1 is 1.17 bits per heavy atom. The zero-order valence-electron chi connectivity index (χ0n) is 19.0. The second-order valence-corrected chi connectivity index (χ2v) is 8.78. The summed E-state index contributed by atoms with van der Waals surface area (Å²) in [5.74, 6) is -0.0490. The molecule has 0 radical (unpaired) electrons. The van der Waals surface area contributed by atoms with Crippen molar-refractivity contribution in [1.82, 2.24) is 24.5 Å². The van der Waals surface area contributed by atoms with Gasteiger partial charge >= 0.3 is 6.18 Å². The van der Waals surface area contributed by atoms with Crippen molar-refractivity contribution in [2.45, 2.75) is 31.1 Å². The Labute approximate surface area is 198 Å². The molecule has 2 N–H and O–H groups in total. The van der Waals surface area contributed by atoms with E-state index in [4.69, 9.17) is 10.5 Å². The molecule has 0 amide bonds. The zero-order chi connectivity index (χ0) is 24.7. The van der Waals surface area contributed by atoms with Crippen molar-refractivity contribution in [2.24, 2.45) is 5.73 Å². The van der Waals surface area contributed by atoms with Gasteiger partial charge in [0.15, 0.2) is 11.5 Å². The maximum atomic E-state index is 14.4. The molecule has 11 heteroatoms. The molecule has 1 aliphatic rings. The first-order valence-corrected chi connectivity index (χ1v) is 11.2. The van der Waals surface area contributed by atoms with E-state index in [1.807, 2.05) is 0 Å². The molecule has 2 atom stereocenters. The van der Waals surface area contributed by atoms with Crippen LogP contribution in [-0.4, -0.2) is 63.5 Å². The van der Waals surface area contributed by atoms with Crippen molar-refractivity contribution in [2.75, 3.05) is 26.8 Å². The topological polar surface area (TPSA) is 81.6 Å². The summed E-state index contributed by atoms with van der Waals surface area (Å²) in [6.45, 7) is 0.806. The van der Waals surface area contributed by atoms with E-state index in [0.717, 1.165) is 0 Å². The van der Waals surface area contributed by atoms with Crippen molar-refractivity contribution >= 4 is 16.6 Å². The predicted molar refractivity (Wildman–Crippen MR) is 122 cm³/mol. The van der Waals surface area contributed by atoms with Crippen molar-refractivity contribution in [3.05, 3.63) is 59.5 Å². The lowest BCUT2D eigenvalue weighted by Crippen LogP contribution is -2.38. The Kier molecular flexibility index (Phi) is 6.16. The van der Waals surface area contributed by atoms with Gasteiger partial charge in [-0.1, -0.05) is 12.1 Å². The highest BCUT2D eigenvalue weighted by molar-refractivity contribution is 5.82. The number of hydrogen-bond acceptors (Lipinski definition) is 6. The lowest BCUT2D eigenvalue weighted by Gasteiger charge is -2.30. The summed E-state index contributed by atoms with van der Waals surface area (Å²) in [7, 11) is 1.54. The van der Waals surface area contributed by atoms with E-state index in [1.54, 1.807) is 25.3 Å². The second kappa shape index (κ2) is 9.14. The van der Waals surface area contributed by atoms with E-state index in [1.165, 1.54) is 33.7 Å². The fourth-order valence-corrected chi connectivity index (χ4v) is 4.62. The molecule has 3 aromatic heterocycles. The monoisotopic (exact) mass is 488 g/mol. The molecular formula is C24H24F4N6O. The summed E-state index contributed by atoms with van der Waals surface area (Å²) in [6.07, 6.45) is -2.16. The van der Waals surface area contributed by atoms with Gasteiger partial charge in [0.2, 0.25) is 0 Å². The number of likely N-dealkylation sites (tertiary alicyclic amines) is 1. The molecule has 0 aliphatic carbocycles. The van der Waals surface area contributed by atoms with Crippen LogP contribution in [0.4, 0.5) is 17.6 Å². The number of fused-ring (bicyclic) bond motifs is 2. The Balaban J connectivity index is 1.57. The smallest absolute Gasteiger partial charge is 0.384 e. The standard InChI is InChI=1S/C24H24F4N6O/c1-35-9-7-14-11-20-15(10-18(14)25)2-4-19(30-20)23-32-31-21-5-3-16(12-34(21)23)22(24(26,27)28)33-8-6-17(29)13-33/h2-5,10-12,17,22H,6-9,13,29H2,1H3/t17?,22-/m1/s1. The van der Waals surface area contributed by atoms with Crippen LogP contribution in [0.2, 0.25) is 0 Å². The first kappa shape index (κ1) is 23.6. The largest absolute Gasteiger partial charge is 0.408 e. The SMILES string of the molecule is COCCc1cc2nc(-c3nnc4ccc([C@@H](N5CCC(N)C5)C(F)(F)F)cn34)ccc2cc1F. The summed E-state index contributed by atoms with van der Waals surface area (Å²) in [6, 6.07) is 7.29. The number of nitrogens with zero attached hydrogens (tertiary/aromatic N) is 5. The number of rotatable bonds is 6. The first-order valence-electron chi connectivity index (χ1n) is 11.2. The van der Waals surface area contributed by atoms with E-state index in [-0.39, 0.29) is 30.5 Å². The number of benzene rings is 1. The van der Waals surface area contributed by atoms with Crippen molar-refractivity contribution in [3.8, 4) is 11.5 Å². The maximum Gasteiger partial charge on any atom is 0.408 e. The molecule has 184 valence electrons. The van der Waals surface area contributed by atoms with Gasteiger partial charge in [-0.15, -0.1) is 10.2 Å². The van der Waals surface area contributed by atoms with E-state index >= 15 is 0 Å². The molecule has 4 aromatic rings. The van der Waals surface area contributed by atoms with Gasteiger partial charge in [-0.25, -0.2) is 9.37 Å². The van der Waals surface area contributed by atoms with Crippen molar-refractivity contribution < 1.29 is 22.3 Å². The van der Waals surface area contributed by atoms with Gasteiger partial charge in [0.05, 0.1) is 12.1 Å². The molecule has 1 saturated heterocycles. The predicted octanol–water partition coefficient (Wildman–Crippen LogP) is 3.91. The molecule has 0 spiro atoms.